The van der Waals surface area contributed by atoms with Crippen molar-refractivity contribution in [2.24, 2.45) is 4.99 Å². The predicted octanol–water partition coefficient (Wildman–Crippen LogP) is 2.59. The molecule has 2 aromatic rings. The molecule has 2 aliphatic rings. The van der Waals surface area contributed by atoms with Gasteiger partial charge in [0.05, 0.1) is 6.54 Å². The van der Waals surface area contributed by atoms with Crippen LogP contribution in [0.4, 0.5) is 0 Å². The molecule has 0 saturated carbocycles. The van der Waals surface area contributed by atoms with E-state index in [1.165, 1.54) is 47.5 Å². The lowest BCUT2D eigenvalue weighted by molar-refractivity contribution is -0.130. The fourth-order valence-electron chi connectivity index (χ4n) is 4.10. The zero-order valence-corrected chi connectivity index (χ0v) is 18.5. The molecule has 0 aliphatic carbocycles. The van der Waals surface area contributed by atoms with E-state index < -0.39 is 0 Å². The minimum Gasteiger partial charge on any atom is -0.352 e. The van der Waals surface area contributed by atoms with E-state index >= 15 is 0 Å². The van der Waals surface area contributed by atoms with Crippen molar-refractivity contribution in [1.29, 1.82) is 0 Å². The van der Waals surface area contributed by atoms with Gasteiger partial charge in [0, 0.05) is 38.1 Å². The number of nitrogens with one attached hydrogen (secondary N) is 2. The van der Waals surface area contributed by atoms with Crippen molar-refractivity contribution < 1.29 is 4.79 Å². The Bertz CT molecular complexity index is 870. The maximum atomic E-state index is 12.6. The van der Waals surface area contributed by atoms with Crippen LogP contribution in [-0.2, 0) is 30.8 Å². The van der Waals surface area contributed by atoms with Gasteiger partial charge in [0.25, 0.3) is 0 Å². The number of aliphatic imine (C=N–C) groups is 1. The Kier molecular flexibility index (Phi) is 7.02. The molecule has 1 amide bonds. The van der Waals surface area contributed by atoms with E-state index in [1.807, 2.05) is 4.90 Å². The molecular formula is C23H31N5OS. The highest BCUT2D eigenvalue weighted by atomic mass is 32.1. The second-order valence-corrected chi connectivity index (χ2v) is 9.01. The molecule has 0 bridgehead atoms. The number of rotatable bonds is 6. The third-order valence-corrected chi connectivity index (χ3v) is 6.90. The van der Waals surface area contributed by atoms with E-state index in [1.54, 1.807) is 18.4 Å². The van der Waals surface area contributed by atoms with E-state index in [0.717, 1.165) is 26.1 Å². The van der Waals surface area contributed by atoms with Gasteiger partial charge in [-0.2, -0.15) is 0 Å². The predicted molar refractivity (Wildman–Crippen MR) is 123 cm³/mol. The maximum Gasteiger partial charge on any atom is 0.242 e. The first-order valence-corrected chi connectivity index (χ1v) is 11.7. The van der Waals surface area contributed by atoms with Crippen molar-refractivity contribution in [3.8, 4) is 0 Å². The van der Waals surface area contributed by atoms with Gasteiger partial charge in [-0.3, -0.25) is 14.7 Å². The Morgan fingerprint density at radius 2 is 1.83 bits per heavy atom. The van der Waals surface area contributed by atoms with Gasteiger partial charge in [-0.25, -0.2) is 0 Å². The first-order valence-electron chi connectivity index (χ1n) is 10.8. The number of likely N-dealkylation sites (tertiary alicyclic amines) is 1. The molecule has 2 N–H and O–H groups in total. The van der Waals surface area contributed by atoms with Crippen LogP contribution in [-0.4, -0.2) is 54.9 Å². The molecule has 3 heterocycles. The van der Waals surface area contributed by atoms with Crippen molar-refractivity contribution in [3.63, 3.8) is 0 Å². The van der Waals surface area contributed by atoms with Crippen molar-refractivity contribution in [1.82, 2.24) is 20.4 Å². The third kappa shape index (κ3) is 5.40. The Morgan fingerprint density at radius 1 is 1.07 bits per heavy atom. The van der Waals surface area contributed by atoms with Gasteiger partial charge < -0.3 is 15.5 Å². The number of thiophene rings is 1. The molecule has 6 nitrogen and oxygen atoms in total. The fourth-order valence-corrected chi connectivity index (χ4v) is 4.99. The lowest BCUT2D eigenvalue weighted by Crippen LogP contribution is -2.45. The second kappa shape index (κ2) is 10.1. The maximum absolute atomic E-state index is 12.6. The van der Waals surface area contributed by atoms with Gasteiger partial charge >= 0.3 is 0 Å². The highest BCUT2D eigenvalue weighted by Gasteiger charge is 2.21. The largest absolute Gasteiger partial charge is 0.352 e. The van der Waals surface area contributed by atoms with Gasteiger partial charge in [-0.05, 0) is 60.5 Å². The molecule has 0 spiro atoms. The minimum absolute atomic E-state index is 0.112. The number of hydrogen-bond acceptors (Lipinski definition) is 4. The average Bonchev–Trinajstić information content (AvgIpc) is 3.46. The van der Waals surface area contributed by atoms with Crippen molar-refractivity contribution in [2.75, 3.05) is 33.2 Å². The first kappa shape index (κ1) is 20.9. The molecule has 30 heavy (non-hydrogen) atoms. The number of amides is 1. The van der Waals surface area contributed by atoms with E-state index in [-0.39, 0.29) is 12.5 Å². The summed E-state index contributed by atoms with van der Waals surface area (Å²) >= 11 is 1.79. The van der Waals surface area contributed by atoms with Crippen LogP contribution < -0.4 is 10.6 Å². The van der Waals surface area contributed by atoms with E-state index in [4.69, 9.17) is 0 Å². The molecule has 160 valence electrons. The first-order chi connectivity index (χ1) is 14.7. The van der Waals surface area contributed by atoms with Crippen LogP contribution in [0.3, 0.4) is 0 Å². The molecule has 1 aromatic carbocycles. The third-order valence-electron chi connectivity index (χ3n) is 5.88. The highest BCUT2D eigenvalue weighted by molar-refractivity contribution is 7.10. The monoisotopic (exact) mass is 425 g/mol. The standard InChI is InChI=1S/C23H31N5OS/c1-24-23(26-15-22(29)28-12-8-21-20(17-28)9-13-30-21)25-14-18-4-6-19(7-5-18)16-27-10-2-3-11-27/h4-7,9,13H,2-3,8,10-12,14-17H2,1H3,(H2,24,25,26). The fraction of sp³-hybridized carbons (Fsp3) is 0.478. The number of carbonyl (C=O) groups is 1. The highest BCUT2D eigenvalue weighted by Crippen LogP contribution is 2.23. The minimum atomic E-state index is 0.112. The molecule has 0 radical (unpaired) electrons. The Morgan fingerprint density at radius 3 is 2.60 bits per heavy atom. The quantitative estimate of drug-likeness (QED) is 0.552. The second-order valence-electron chi connectivity index (χ2n) is 8.01. The number of guanidine groups is 1. The molecular weight excluding hydrogens is 394 g/mol. The number of benzene rings is 1. The van der Waals surface area contributed by atoms with E-state index in [2.05, 4.69) is 56.2 Å². The summed E-state index contributed by atoms with van der Waals surface area (Å²) in [4.78, 5) is 22.7. The van der Waals surface area contributed by atoms with Gasteiger partial charge in [0.15, 0.2) is 5.96 Å². The smallest absolute Gasteiger partial charge is 0.242 e. The van der Waals surface area contributed by atoms with Gasteiger partial charge in [0.2, 0.25) is 5.91 Å². The Labute approximate surface area is 183 Å². The summed E-state index contributed by atoms with van der Waals surface area (Å²) in [6, 6.07) is 10.9. The molecule has 0 atom stereocenters. The van der Waals surface area contributed by atoms with Crippen LogP contribution in [0.5, 0.6) is 0 Å². The molecule has 2 aliphatic heterocycles. The number of nitrogens with zero attached hydrogens (tertiary/aromatic N) is 3. The summed E-state index contributed by atoms with van der Waals surface area (Å²) in [5, 5.41) is 8.58. The summed E-state index contributed by atoms with van der Waals surface area (Å²) in [6.45, 7) is 5.93. The average molecular weight is 426 g/mol. The Hall–Kier alpha value is -2.38. The molecule has 1 aromatic heterocycles. The van der Waals surface area contributed by atoms with Crippen LogP contribution in [0.25, 0.3) is 0 Å². The zero-order valence-electron chi connectivity index (χ0n) is 17.7. The lowest BCUT2D eigenvalue weighted by Gasteiger charge is -2.27. The van der Waals surface area contributed by atoms with Crippen LogP contribution >= 0.6 is 11.3 Å². The topological polar surface area (TPSA) is 60.0 Å². The summed E-state index contributed by atoms with van der Waals surface area (Å²) < 4.78 is 0. The molecule has 7 heteroatoms. The van der Waals surface area contributed by atoms with Gasteiger partial charge in [-0.15, -0.1) is 11.3 Å². The van der Waals surface area contributed by atoms with Gasteiger partial charge in [0.1, 0.15) is 0 Å². The SMILES string of the molecule is CN=C(NCC(=O)N1CCc2sccc2C1)NCc1ccc(CN2CCCC2)cc1. The van der Waals surface area contributed by atoms with Gasteiger partial charge in [-0.1, -0.05) is 24.3 Å². The molecule has 1 fully saturated rings. The van der Waals surface area contributed by atoms with Crippen LogP contribution in [0.15, 0.2) is 40.7 Å². The number of fused-ring (bicyclic) bond motifs is 1. The molecule has 4 rings (SSSR count). The van der Waals surface area contributed by atoms with Crippen molar-refractivity contribution in [3.05, 3.63) is 57.3 Å². The summed E-state index contributed by atoms with van der Waals surface area (Å²) in [7, 11) is 1.73. The normalized spacial score (nSPS) is 17.1. The number of hydrogen-bond donors (Lipinski definition) is 2. The van der Waals surface area contributed by atoms with E-state index in [0.29, 0.717) is 12.5 Å². The summed E-state index contributed by atoms with van der Waals surface area (Å²) in [5.74, 6) is 0.763. The van der Waals surface area contributed by atoms with Crippen molar-refractivity contribution >= 4 is 23.2 Å². The molecule has 0 unspecified atom stereocenters. The van der Waals surface area contributed by atoms with E-state index in [9.17, 15) is 4.79 Å². The Balaban J connectivity index is 1.20. The lowest BCUT2D eigenvalue weighted by atomic mass is 10.1. The van der Waals surface area contributed by atoms with Crippen LogP contribution in [0.1, 0.15) is 34.4 Å². The number of carbonyl (C=O) groups excluding carboxylic acids is 1. The molecule has 1 saturated heterocycles. The summed E-state index contributed by atoms with van der Waals surface area (Å²) in [5.41, 5.74) is 3.86. The zero-order chi connectivity index (χ0) is 20.8. The van der Waals surface area contributed by atoms with Crippen molar-refractivity contribution in [2.45, 2.75) is 38.9 Å². The van der Waals surface area contributed by atoms with Crippen LogP contribution in [0.2, 0.25) is 0 Å². The van der Waals surface area contributed by atoms with Crippen LogP contribution in [0, 0.1) is 0 Å². The summed E-state index contributed by atoms with van der Waals surface area (Å²) in [6.07, 6.45) is 3.60.